The van der Waals surface area contributed by atoms with E-state index in [1.165, 1.54) is 0 Å². The number of benzene rings is 1. The van der Waals surface area contributed by atoms with Crippen molar-refractivity contribution in [1.29, 1.82) is 0 Å². The van der Waals surface area contributed by atoms with Crippen molar-refractivity contribution >= 4 is 6.03 Å². The summed E-state index contributed by atoms with van der Waals surface area (Å²) < 4.78 is 16.7. The third kappa shape index (κ3) is 3.44. The number of carbonyl (C=O) groups is 1. The Hall–Kier alpha value is -1.95. The second kappa shape index (κ2) is 6.44. The third-order valence-corrected chi connectivity index (χ3v) is 3.76. The van der Waals surface area contributed by atoms with Gasteiger partial charge in [0.25, 0.3) is 0 Å². The van der Waals surface area contributed by atoms with Crippen molar-refractivity contribution in [2.75, 3.05) is 26.3 Å². The van der Waals surface area contributed by atoms with Gasteiger partial charge in [0.15, 0.2) is 11.5 Å². The first-order valence-electron chi connectivity index (χ1n) is 7.68. The summed E-state index contributed by atoms with van der Waals surface area (Å²) in [6, 6.07) is 5.68. The number of carbonyl (C=O) groups excluding carboxylic acids is 1. The van der Waals surface area contributed by atoms with E-state index in [1.807, 2.05) is 32.0 Å². The molecule has 1 aromatic carbocycles. The van der Waals surface area contributed by atoms with E-state index >= 15 is 0 Å². The highest BCUT2D eigenvalue weighted by atomic mass is 16.6. The summed E-state index contributed by atoms with van der Waals surface area (Å²) in [7, 11) is 0. The van der Waals surface area contributed by atoms with Crippen LogP contribution in [0.15, 0.2) is 18.2 Å². The summed E-state index contributed by atoms with van der Waals surface area (Å²) in [6.45, 7) is 6.82. The van der Waals surface area contributed by atoms with E-state index in [0.29, 0.717) is 32.8 Å². The van der Waals surface area contributed by atoms with Gasteiger partial charge < -0.3 is 24.4 Å². The van der Waals surface area contributed by atoms with Gasteiger partial charge in [-0.25, -0.2) is 4.79 Å². The lowest BCUT2D eigenvalue weighted by Gasteiger charge is -2.35. The molecule has 1 N–H and O–H groups in total. The van der Waals surface area contributed by atoms with Crippen LogP contribution in [0.3, 0.4) is 0 Å². The number of urea groups is 1. The summed E-state index contributed by atoms with van der Waals surface area (Å²) in [4.78, 5) is 14.1. The Labute approximate surface area is 130 Å². The number of nitrogens with zero attached hydrogens (tertiary/aromatic N) is 1. The van der Waals surface area contributed by atoms with Crippen LogP contribution < -0.4 is 14.8 Å². The largest absolute Gasteiger partial charge is 0.486 e. The molecule has 0 aromatic heterocycles. The lowest BCUT2D eigenvalue weighted by molar-refractivity contribution is -0.0545. The highest BCUT2D eigenvalue weighted by Gasteiger charge is 2.25. The number of ether oxygens (including phenoxy) is 3. The Morgan fingerprint density at radius 1 is 1.18 bits per heavy atom. The van der Waals surface area contributed by atoms with Crippen molar-refractivity contribution in [3.8, 4) is 11.5 Å². The Balaban J connectivity index is 1.56. The zero-order valence-electron chi connectivity index (χ0n) is 13.0. The molecule has 2 unspecified atom stereocenters. The Morgan fingerprint density at radius 2 is 1.86 bits per heavy atom. The zero-order chi connectivity index (χ0) is 15.5. The quantitative estimate of drug-likeness (QED) is 0.905. The van der Waals surface area contributed by atoms with Gasteiger partial charge in [-0.2, -0.15) is 0 Å². The molecular weight excluding hydrogens is 284 g/mol. The molecule has 6 nitrogen and oxygen atoms in total. The zero-order valence-corrected chi connectivity index (χ0v) is 13.0. The lowest BCUT2D eigenvalue weighted by Crippen LogP contribution is -2.51. The molecule has 2 atom stereocenters. The van der Waals surface area contributed by atoms with Crippen molar-refractivity contribution in [1.82, 2.24) is 10.2 Å². The molecule has 2 aliphatic rings. The van der Waals surface area contributed by atoms with Gasteiger partial charge >= 0.3 is 6.03 Å². The minimum atomic E-state index is -0.0584. The molecule has 2 amide bonds. The standard InChI is InChI=1S/C16H22N2O4/c1-11-9-18(10-12(2)22-11)16(19)17-8-13-3-4-14-15(7-13)21-6-5-20-14/h3-4,7,11-12H,5-6,8-10H2,1-2H3,(H,17,19). The molecule has 6 heteroatoms. The minimum absolute atomic E-state index is 0.0584. The molecule has 120 valence electrons. The van der Waals surface area contributed by atoms with Gasteiger partial charge in [0.05, 0.1) is 12.2 Å². The molecule has 22 heavy (non-hydrogen) atoms. The maximum Gasteiger partial charge on any atom is 0.317 e. The van der Waals surface area contributed by atoms with Gasteiger partial charge in [0.1, 0.15) is 13.2 Å². The number of amides is 2. The van der Waals surface area contributed by atoms with Gasteiger partial charge in [0, 0.05) is 19.6 Å². The fourth-order valence-corrected chi connectivity index (χ4v) is 2.83. The fraction of sp³-hybridized carbons (Fsp3) is 0.562. The summed E-state index contributed by atoms with van der Waals surface area (Å²) in [6.07, 6.45) is 0.146. The lowest BCUT2D eigenvalue weighted by atomic mass is 10.2. The van der Waals surface area contributed by atoms with Crippen LogP contribution in [-0.2, 0) is 11.3 Å². The molecule has 1 aromatic rings. The van der Waals surface area contributed by atoms with E-state index < -0.39 is 0 Å². The van der Waals surface area contributed by atoms with Gasteiger partial charge in [-0.15, -0.1) is 0 Å². The Kier molecular flexibility index (Phi) is 4.38. The fourth-order valence-electron chi connectivity index (χ4n) is 2.83. The molecule has 2 heterocycles. The first-order valence-corrected chi connectivity index (χ1v) is 7.68. The SMILES string of the molecule is CC1CN(C(=O)NCc2ccc3c(c2)OCCO3)CC(C)O1. The van der Waals surface area contributed by atoms with E-state index in [1.54, 1.807) is 4.90 Å². The second-order valence-corrected chi connectivity index (χ2v) is 5.80. The van der Waals surface area contributed by atoms with Crippen LogP contribution in [0.1, 0.15) is 19.4 Å². The monoisotopic (exact) mass is 306 g/mol. The molecule has 1 saturated heterocycles. The Morgan fingerprint density at radius 3 is 2.59 bits per heavy atom. The first kappa shape index (κ1) is 15.0. The van der Waals surface area contributed by atoms with Crippen molar-refractivity contribution in [3.05, 3.63) is 23.8 Å². The summed E-state index contributed by atoms with van der Waals surface area (Å²) in [5, 5.41) is 2.95. The van der Waals surface area contributed by atoms with E-state index in [9.17, 15) is 4.79 Å². The second-order valence-electron chi connectivity index (χ2n) is 5.80. The summed E-state index contributed by atoms with van der Waals surface area (Å²) >= 11 is 0. The topological polar surface area (TPSA) is 60.0 Å². The number of hydrogen-bond acceptors (Lipinski definition) is 4. The predicted molar refractivity (Wildman–Crippen MR) is 81.2 cm³/mol. The highest BCUT2D eigenvalue weighted by Crippen LogP contribution is 2.30. The van der Waals surface area contributed by atoms with Crippen molar-refractivity contribution in [2.45, 2.75) is 32.6 Å². The number of fused-ring (bicyclic) bond motifs is 1. The van der Waals surface area contributed by atoms with Crippen LogP contribution in [0.25, 0.3) is 0 Å². The molecule has 0 spiro atoms. The first-order chi connectivity index (χ1) is 10.6. The molecule has 0 saturated carbocycles. The highest BCUT2D eigenvalue weighted by molar-refractivity contribution is 5.74. The van der Waals surface area contributed by atoms with Crippen molar-refractivity contribution < 1.29 is 19.0 Å². The van der Waals surface area contributed by atoms with Crippen LogP contribution >= 0.6 is 0 Å². The smallest absolute Gasteiger partial charge is 0.317 e. The minimum Gasteiger partial charge on any atom is -0.486 e. The van der Waals surface area contributed by atoms with E-state index in [4.69, 9.17) is 14.2 Å². The molecule has 2 aliphatic heterocycles. The van der Waals surface area contributed by atoms with E-state index in [-0.39, 0.29) is 18.2 Å². The molecule has 0 aliphatic carbocycles. The molecule has 0 radical (unpaired) electrons. The maximum absolute atomic E-state index is 12.3. The van der Waals surface area contributed by atoms with Gasteiger partial charge in [-0.3, -0.25) is 0 Å². The predicted octanol–water partition coefficient (Wildman–Crippen LogP) is 1.78. The van der Waals surface area contributed by atoms with Crippen LogP contribution in [0.2, 0.25) is 0 Å². The average molecular weight is 306 g/mol. The number of nitrogens with one attached hydrogen (secondary N) is 1. The van der Waals surface area contributed by atoms with Crippen molar-refractivity contribution in [2.24, 2.45) is 0 Å². The Bertz CT molecular complexity index is 539. The van der Waals surface area contributed by atoms with E-state index in [2.05, 4.69) is 5.32 Å². The molecular formula is C16H22N2O4. The van der Waals surface area contributed by atoms with Crippen LogP contribution in [0.4, 0.5) is 4.79 Å². The average Bonchev–Trinajstić information content (AvgIpc) is 2.51. The number of hydrogen-bond donors (Lipinski definition) is 1. The van der Waals surface area contributed by atoms with Crippen LogP contribution in [0.5, 0.6) is 11.5 Å². The third-order valence-electron chi connectivity index (χ3n) is 3.76. The molecule has 3 rings (SSSR count). The van der Waals surface area contributed by atoms with Crippen molar-refractivity contribution in [3.63, 3.8) is 0 Å². The molecule has 0 bridgehead atoms. The normalized spacial score (nSPS) is 24.0. The van der Waals surface area contributed by atoms with Crippen LogP contribution in [-0.4, -0.2) is 49.4 Å². The number of rotatable bonds is 2. The van der Waals surface area contributed by atoms with Gasteiger partial charge in [0.2, 0.25) is 0 Å². The summed E-state index contributed by atoms with van der Waals surface area (Å²) in [5.41, 5.74) is 0.993. The number of morpholine rings is 1. The molecule has 1 fully saturated rings. The van der Waals surface area contributed by atoms with E-state index in [0.717, 1.165) is 17.1 Å². The van der Waals surface area contributed by atoms with Gasteiger partial charge in [-0.1, -0.05) is 6.07 Å². The van der Waals surface area contributed by atoms with Gasteiger partial charge in [-0.05, 0) is 31.5 Å². The van der Waals surface area contributed by atoms with Crippen LogP contribution in [0, 0.1) is 0 Å². The maximum atomic E-state index is 12.3. The summed E-state index contributed by atoms with van der Waals surface area (Å²) in [5.74, 6) is 1.50.